The Balaban J connectivity index is 3.23. The van der Waals surface area contributed by atoms with E-state index in [9.17, 15) is 13.2 Å². The number of anilines is 2. The van der Waals surface area contributed by atoms with Gasteiger partial charge in [-0.25, -0.2) is 4.98 Å². The van der Waals surface area contributed by atoms with E-state index in [2.05, 4.69) is 4.98 Å². The van der Waals surface area contributed by atoms with Crippen molar-refractivity contribution in [3.8, 4) is 0 Å². The smallest absolute Gasteiger partial charge is 0.397 e. The summed E-state index contributed by atoms with van der Waals surface area (Å²) in [6.07, 6.45) is -3.58. The quantitative estimate of drug-likeness (QED) is 0.627. The Morgan fingerprint density at radius 3 is 2.25 bits per heavy atom. The van der Waals surface area contributed by atoms with Crippen molar-refractivity contribution in [1.29, 1.82) is 0 Å². The van der Waals surface area contributed by atoms with Gasteiger partial charge >= 0.3 is 6.18 Å². The number of halogens is 3. The number of rotatable bonds is 0. The molecule has 4 N–H and O–H groups in total. The van der Waals surface area contributed by atoms with Gasteiger partial charge in [0.2, 0.25) is 0 Å². The van der Waals surface area contributed by atoms with Gasteiger partial charge in [0.1, 0.15) is 5.82 Å². The molecule has 1 rings (SSSR count). The maximum Gasteiger partial charge on any atom is 0.418 e. The van der Waals surface area contributed by atoms with Crippen molar-refractivity contribution < 1.29 is 13.2 Å². The van der Waals surface area contributed by atoms with Crippen molar-refractivity contribution in [1.82, 2.24) is 4.98 Å². The first-order valence-electron chi connectivity index (χ1n) is 2.99. The van der Waals surface area contributed by atoms with Gasteiger partial charge in [-0.3, -0.25) is 0 Å². The molecule has 0 aliphatic heterocycles. The van der Waals surface area contributed by atoms with E-state index in [1.165, 1.54) is 0 Å². The number of aromatic nitrogens is 1. The highest BCUT2D eigenvalue weighted by atomic mass is 19.4. The average Bonchev–Trinajstić information content (AvgIpc) is 1.92. The molecule has 6 heteroatoms. The number of nitrogens with two attached hydrogens (primary N) is 2. The van der Waals surface area contributed by atoms with Crippen molar-refractivity contribution in [3.05, 3.63) is 17.8 Å². The summed E-state index contributed by atoms with van der Waals surface area (Å²) in [5, 5.41) is 0. The Labute approximate surface area is 66.2 Å². The summed E-state index contributed by atoms with van der Waals surface area (Å²) in [5.41, 5.74) is 8.73. The van der Waals surface area contributed by atoms with Crippen LogP contribution in [-0.4, -0.2) is 4.98 Å². The predicted octanol–water partition coefficient (Wildman–Crippen LogP) is 1.26. The molecule has 12 heavy (non-hydrogen) atoms. The molecule has 0 spiro atoms. The second-order valence-electron chi connectivity index (χ2n) is 2.19. The molecule has 1 aromatic heterocycles. The third-order valence-electron chi connectivity index (χ3n) is 1.26. The maximum absolute atomic E-state index is 12.1. The number of hydrogen-bond donors (Lipinski definition) is 2. The zero-order valence-electron chi connectivity index (χ0n) is 5.89. The van der Waals surface area contributed by atoms with E-state index >= 15 is 0 Å². The average molecular weight is 177 g/mol. The van der Waals surface area contributed by atoms with Gasteiger partial charge in [0, 0.05) is 0 Å². The molecule has 0 radical (unpaired) electrons. The Bertz CT molecular complexity index is 295. The number of hydrogen-bond acceptors (Lipinski definition) is 3. The summed E-state index contributed by atoms with van der Waals surface area (Å²) in [6, 6.07) is 0.704. The second kappa shape index (κ2) is 2.54. The molecule has 0 fully saturated rings. The van der Waals surface area contributed by atoms with E-state index in [0.29, 0.717) is 6.07 Å². The van der Waals surface area contributed by atoms with E-state index in [-0.39, 0.29) is 5.82 Å². The molecule has 3 nitrogen and oxygen atoms in total. The summed E-state index contributed by atoms with van der Waals surface area (Å²) >= 11 is 0. The van der Waals surface area contributed by atoms with Crippen molar-refractivity contribution in [2.24, 2.45) is 0 Å². The van der Waals surface area contributed by atoms with Crippen LogP contribution in [0.25, 0.3) is 0 Å². The summed E-state index contributed by atoms with van der Waals surface area (Å²) in [4.78, 5) is 3.41. The van der Waals surface area contributed by atoms with E-state index in [1.807, 2.05) is 0 Å². The van der Waals surface area contributed by atoms with E-state index in [1.54, 1.807) is 0 Å². The first kappa shape index (κ1) is 8.63. The van der Waals surface area contributed by atoms with Gasteiger partial charge in [-0.1, -0.05) is 0 Å². The lowest BCUT2D eigenvalue weighted by Crippen LogP contribution is -2.10. The monoisotopic (exact) mass is 177 g/mol. The third-order valence-corrected chi connectivity index (χ3v) is 1.26. The molecule has 0 bridgehead atoms. The van der Waals surface area contributed by atoms with Crippen molar-refractivity contribution in [2.45, 2.75) is 6.18 Å². The van der Waals surface area contributed by atoms with Crippen molar-refractivity contribution in [2.75, 3.05) is 11.5 Å². The normalized spacial score (nSPS) is 11.6. The van der Waals surface area contributed by atoms with E-state index in [4.69, 9.17) is 11.5 Å². The molecule has 0 saturated carbocycles. The first-order chi connectivity index (χ1) is 5.41. The lowest BCUT2D eigenvalue weighted by atomic mass is 10.2. The van der Waals surface area contributed by atoms with Crippen LogP contribution in [0.4, 0.5) is 24.7 Å². The molecule has 0 unspecified atom stereocenters. The van der Waals surface area contributed by atoms with Crippen LogP contribution < -0.4 is 11.5 Å². The second-order valence-corrected chi connectivity index (χ2v) is 2.19. The van der Waals surface area contributed by atoms with Crippen LogP contribution in [0.5, 0.6) is 0 Å². The summed E-state index contributed by atoms with van der Waals surface area (Å²) in [7, 11) is 0. The molecule has 0 aliphatic rings. The summed E-state index contributed by atoms with van der Waals surface area (Å²) in [6.45, 7) is 0. The Morgan fingerprint density at radius 1 is 1.25 bits per heavy atom. The molecule has 0 amide bonds. The number of pyridine rings is 1. The Morgan fingerprint density at radius 2 is 1.83 bits per heavy atom. The molecule has 0 aliphatic carbocycles. The molecular formula is C6H6F3N3. The molecule has 0 atom stereocenters. The summed E-state index contributed by atoms with van der Waals surface area (Å²) in [5.74, 6) is -0.198. The van der Waals surface area contributed by atoms with Crippen molar-refractivity contribution in [3.63, 3.8) is 0 Å². The highest BCUT2D eigenvalue weighted by Gasteiger charge is 2.33. The minimum Gasteiger partial charge on any atom is -0.397 e. The lowest BCUT2D eigenvalue weighted by molar-refractivity contribution is -0.136. The van der Waals surface area contributed by atoms with Crippen LogP contribution in [-0.2, 0) is 6.18 Å². The standard InChI is InChI=1S/C6H6F3N3/c7-6(8,9)3-1-5(11)12-2-4(3)10/h1-2H,10H2,(H2,11,12). The summed E-state index contributed by atoms with van der Waals surface area (Å²) < 4.78 is 36.2. The molecular weight excluding hydrogens is 171 g/mol. The molecule has 0 aromatic carbocycles. The fourth-order valence-corrected chi connectivity index (χ4v) is 0.728. The van der Waals surface area contributed by atoms with Crippen LogP contribution in [0, 0.1) is 0 Å². The number of alkyl halides is 3. The largest absolute Gasteiger partial charge is 0.418 e. The molecule has 1 heterocycles. The zero-order chi connectivity index (χ0) is 9.35. The third kappa shape index (κ3) is 1.58. The Kier molecular flexibility index (Phi) is 1.83. The highest BCUT2D eigenvalue weighted by molar-refractivity contribution is 5.51. The minimum atomic E-state index is -4.47. The van der Waals surface area contributed by atoms with E-state index < -0.39 is 17.4 Å². The van der Waals surface area contributed by atoms with Gasteiger partial charge in [0.25, 0.3) is 0 Å². The van der Waals surface area contributed by atoms with Crippen LogP contribution in [0.2, 0.25) is 0 Å². The van der Waals surface area contributed by atoms with E-state index in [0.717, 1.165) is 6.20 Å². The number of nitrogens with zero attached hydrogens (tertiary/aromatic N) is 1. The predicted molar refractivity (Wildman–Crippen MR) is 38.1 cm³/mol. The minimum absolute atomic E-state index is 0.198. The fourth-order valence-electron chi connectivity index (χ4n) is 0.728. The Hall–Kier alpha value is -1.46. The van der Waals surface area contributed by atoms with Crippen LogP contribution in [0.1, 0.15) is 5.56 Å². The van der Waals surface area contributed by atoms with Gasteiger partial charge in [0.05, 0.1) is 17.4 Å². The topological polar surface area (TPSA) is 64.9 Å². The molecule has 1 aromatic rings. The van der Waals surface area contributed by atoms with Gasteiger partial charge in [-0.05, 0) is 6.07 Å². The molecule has 0 saturated heterocycles. The SMILES string of the molecule is Nc1cc(C(F)(F)F)c(N)cn1. The van der Waals surface area contributed by atoms with Gasteiger partial charge in [-0.2, -0.15) is 13.2 Å². The molecule has 66 valence electrons. The van der Waals surface area contributed by atoms with Crippen LogP contribution in [0.3, 0.4) is 0 Å². The van der Waals surface area contributed by atoms with Gasteiger partial charge in [0.15, 0.2) is 0 Å². The maximum atomic E-state index is 12.1. The van der Waals surface area contributed by atoms with Crippen molar-refractivity contribution >= 4 is 11.5 Å². The van der Waals surface area contributed by atoms with Crippen LogP contribution in [0.15, 0.2) is 12.3 Å². The highest BCUT2D eigenvalue weighted by Crippen LogP contribution is 2.33. The first-order valence-corrected chi connectivity index (χ1v) is 2.99. The zero-order valence-corrected chi connectivity index (χ0v) is 5.89. The van der Waals surface area contributed by atoms with Gasteiger partial charge < -0.3 is 11.5 Å². The van der Waals surface area contributed by atoms with Gasteiger partial charge in [-0.15, -0.1) is 0 Å². The fraction of sp³-hybridized carbons (Fsp3) is 0.167. The lowest BCUT2D eigenvalue weighted by Gasteiger charge is -2.08. The number of nitrogen functional groups attached to an aromatic ring is 2. The van der Waals surface area contributed by atoms with Crippen LogP contribution >= 0.6 is 0 Å².